The van der Waals surface area contributed by atoms with Crippen LogP contribution >= 0.6 is 15.9 Å². The molecular formula is C11H10BrN. The van der Waals surface area contributed by atoms with Crippen LogP contribution in [0.2, 0.25) is 0 Å². The van der Waals surface area contributed by atoms with E-state index in [1.165, 1.54) is 10.9 Å². The smallest absolute Gasteiger partial charge is 0.0393 e. The Morgan fingerprint density at radius 3 is 2.77 bits per heavy atom. The van der Waals surface area contributed by atoms with Gasteiger partial charge in [-0.3, -0.25) is 0 Å². The summed E-state index contributed by atoms with van der Waals surface area (Å²) in [6.45, 7) is 0. The van der Waals surface area contributed by atoms with Crippen molar-refractivity contribution in [2.75, 3.05) is 5.73 Å². The third kappa shape index (κ3) is 1.54. The summed E-state index contributed by atoms with van der Waals surface area (Å²) in [7, 11) is 0. The minimum atomic E-state index is 0.846. The SMILES string of the molecule is Nc1cccc2cc(CBr)ccc12. The third-order valence-electron chi connectivity index (χ3n) is 2.13. The summed E-state index contributed by atoms with van der Waals surface area (Å²) in [5.41, 5.74) is 7.96. The Hall–Kier alpha value is -1.02. The van der Waals surface area contributed by atoms with Crippen molar-refractivity contribution in [3.8, 4) is 0 Å². The molecule has 2 aromatic rings. The first-order chi connectivity index (χ1) is 6.31. The lowest BCUT2D eigenvalue weighted by Gasteiger charge is -2.02. The maximum absolute atomic E-state index is 5.84. The first-order valence-electron chi connectivity index (χ1n) is 4.14. The zero-order chi connectivity index (χ0) is 9.26. The summed E-state index contributed by atoms with van der Waals surface area (Å²) in [5.74, 6) is 0. The second-order valence-corrected chi connectivity index (χ2v) is 3.60. The van der Waals surface area contributed by atoms with Crippen LogP contribution in [0, 0.1) is 0 Å². The molecule has 0 aliphatic carbocycles. The van der Waals surface area contributed by atoms with Gasteiger partial charge in [-0.1, -0.05) is 46.3 Å². The Bertz CT molecular complexity index is 437. The summed E-state index contributed by atoms with van der Waals surface area (Å²) >= 11 is 3.43. The average Bonchev–Trinajstić information content (AvgIpc) is 2.18. The van der Waals surface area contributed by atoms with E-state index < -0.39 is 0 Å². The molecule has 66 valence electrons. The lowest BCUT2D eigenvalue weighted by atomic mass is 10.1. The summed E-state index contributed by atoms with van der Waals surface area (Å²) in [6.07, 6.45) is 0. The molecule has 0 aliphatic heterocycles. The van der Waals surface area contributed by atoms with Crippen LogP contribution in [-0.2, 0) is 5.33 Å². The van der Waals surface area contributed by atoms with Crippen LogP contribution in [0.4, 0.5) is 5.69 Å². The van der Waals surface area contributed by atoms with Crippen molar-refractivity contribution in [2.45, 2.75) is 5.33 Å². The molecule has 0 radical (unpaired) electrons. The fourth-order valence-electron chi connectivity index (χ4n) is 1.44. The highest BCUT2D eigenvalue weighted by Crippen LogP contribution is 2.22. The Morgan fingerprint density at radius 2 is 2.00 bits per heavy atom. The van der Waals surface area contributed by atoms with Crippen LogP contribution in [0.15, 0.2) is 36.4 Å². The normalized spacial score (nSPS) is 10.5. The molecule has 2 aromatic carbocycles. The number of hydrogen-bond acceptors (Lipinski definition) is 1. The molecule has 0 spiro atoms. The van der Waals surface area contributed by atoms with Crippen LogP contribution in [-0.4, -0.2) is 0 Å². The minimum absolute atomic E-state index is 0.846. The molecule has 2 heteroatoms. The zero-order valence-electron chi connectivity index (χ0n) is 7.13. The van der Waals surface area contributed by atoms with Gasteiger partial charge in [0, 0.05) is 16.4 Å². The van der Waals surface area contributed by atoms with Crippen molar-refractivity contribution >= 4 is 32.4 Å². The van der Waals surface area contributed by atoms with Gasteiger partial charge >= 0.3 is 0 Å². The quantitative estimate of drug-likeness (QED) is 0.596. The maximum Gasteiger partial charge on any atom is 0.0393 e. The molecule has 0 unspecified atom stereocenters. The Morgan fingerprint density at radius 1 is 1.15 bits per heavy atom. The molecule has 0 atom stereocenters. The molecule has 0 aliphatic rings. The lowest BCUT2D eigenvalue weighted by molar-refractivity contribution is 1.47. The van der Waals surface area contributed by atoms with E-state index in [2.05, 4.69) is 40.2 Å². The van der Waals surface area contributed by atoms with Crippen molar-refractivity contribution in [3.63, 3.8) is 0 Å². The van der Waals surface area contributed by atoms with Crippen molar-refractivity contribution in [3.05, 3.63) is 42.0 Å². The van der Waals surface area contributed by atoms with Gasteiger partial charge in [-0.2, -0.15) is 0 Å². The highest BCUT2D eigenvalue weighted by Gasteiger charge is 1.97. The van der Waals surface area contributed by atoms with Gasteiger partial charge in [-0.05, 0) is 17.0 Å². The number of hydrogen-bond donors (Lipinski definition) is 1. The van der Waals surface area contributed by atoms with E-state index in [1.807, 2.05) is 12.1 Å². The number of nitrogen functional groups attached to an aromatic ring is 1. The Labute approximate surface area is 85.7 Å². The number of alkyl halides is 1. The second kappa shape index (κ2) is 3.38. The monoisotopic (exact) mass is 235 g/mol. The number of anilines is 1. The fraction of sp³-hybridized carbons (Fsp3) is 0.0909. The lowest BCUT2D eigenvalue weighted by Crippen LogP contribution is -1.86. The molecule has 0 fully saturated rings. The van der Waals surface area contributed by atoms with Crippen LogP contribution < -0.4 is 5.73 Å². The van der Waals surface area contributed by atoms with Gasteiger partial charge in [0.2, 0.25) is 0 Å². The van der Waals surface area contributed by atoms with E-state index in [-0.39, 0.29) is 0 Å². The van der Waals surface area contributed by atoms with Gasteiger partial charge in [0.05, 0.1) is 0 Å². The number of benzene rings is 2. The molecule has 0 saturated carbocycles. The van der Waals surface area contributed by atoms with E-state index in [9.17, 15) is 0 Å². The topological polar surface area (TPSA) is 26.0 Å². The van der Waals surface area contributed by atoms with Crippen LogP contribution in [0.25, 0.3) is 10.8 Å². The summed E-state index contributed by atoms with van der Waals surface area (Å²) < 4.78 is 0. The first-order valence-corrected chi connectivity index (χ1v) is 5.26. The van der Waals surface area contributed by atoms with Crippen molar-refractivity contribution in [2.24, 2.45) is 0 Å². The van der Waals surface area contributed by atoms with Crippen LogP contribution in [0.1, 0.15) is 5.56 Å². The molecule has 0 amide bonds. The molecule has 0 heterocycles. The predicted molar refractivity (Wildman–Crippen MR) is 61.0 cm³/mol. The molecule has 13 heavy (non-hydrogen) atoms. The summed E-state index contributed by atoms with van der Waals surface area (Å²) in [4.78, 5) is 0. The molecule has 1 nitrogen and oxygen atoms in total. The fourth-order valence-corrected chi connectivity index (χ4v) is 1.79. The van der Waals surface area contributed by atoms with Crippen LogP contribution in [0.3, 0.4) is 0 Å². The molecule has 2 N–H and O–H groups in total. The first kappa shape index (κ1) is 8.57. The van der Waals surface area contributed by atoms with Gasteiger partial charge in [0.1, 0.15) is 0 Å². The highest BCUT2D eigenvalue weighted by atomic mass is 79.9. The Kier molecular flexibility index (Phi) is 2.23. The van der Waals surface area contributed by atoms with Gasteiger partial charge in [-0.25, -0.2) is 0 Å². The Balaban J connectivity index is 2.72. The van der Waals surface area contributed by atoms with Crippen LogP contribution in [0.5, 0.6) is 0 Å². The van der Waals surface area contributed by atoms with E-state index in [0.29, 0.717) is 0 Å². The van der Waals surface area contributed by atoms with Gasteiger partial charge in [0.25, 0.3) is 0 Å². The van der Waals surface area contributed by atoms with E-state index in [1.54, 1.807) is 0 Å². The summed E-state index contributed by atoms with van der Waals surface area (Å²) in [6, 6.07) is 12.3. The highest BCUT2D eigenvalue weighted by molar-refractivity contribution is 9.08. The van der Waals surface area contributed by atoms with Gasteiger partial charge < -0.3 is 5.73 Å². The van der Waals surface area contributed by atoms with Gasteiger partial charge in [0.15, 0.2) is 0 Å². The second-order valence-electron chi connectivity index (χ2n) is 3.04. The minimum Gasteiger partial charge on any atom is -0.398 e. The predicted octanol–water partition coefficient (Wildman–Crippen LogP) is 3.32. The maximum atomic E-state index is 5.84. The molecule has 0 aromatic heterocycles. The number of halogens is 1. The average molecular weight is 236 g/mol. The number of nitrogens with two attached hydrogens (primary N) is 1. The van der Waals surface area contributed by atoms with E-state index >= 15 is 0 Å². The van der Waals surface area contributed by atoms with Crippen molar-refractivity contribution < 1.29 is 0 Å². The van der Waals surface area contributed by atoms with E-state index in [4.69, 9.17) is 5.73 Å². The third-order valence-corrected chi connectivity index (χ3v) is 2.78. The molecule has 2 rings (SSSR count). The standard InChI is InChI=1S/C11H10BrN/c12-7-8-4-5-10-9(6-8)2-1-3-11(10)13/h1-6H,7,13H2. The zero-order valence-corrected chi connectivity index (χ0v) is 8.71. The van der Waals surface area contributed by atoms with Crippen molar-refractivity contribution in [1.82, 2.24) is 0 Å². The largest absolute Gasteiger partial charge is 0.398 e. The van der Waals surface area contributed by atoms with E-state index in [0.717, 1.165) is 16.4 Å². The van der Waals surface area contributed by atoms with Gasteiger partial charge in [-0.15, -0.1) is 0 Å². The summed E-state index contributed by atoms with van der Waals surface area (Å²) in [5, 5.41) is 3.22. The molecule has 0 saturated heterocycles. The van der Waals surface area contributed by atoms with Crippen molar-refractivity contribution in [1.29, 1.82) is 0 Å². The number of fused-ring (bicyclic) bond motifs is 1. The molecular weight excluding hydrogens is 226 g/mol. The molecule has 0 bridgehead atoms. The number of rotatable bonds is 1.